The number of aliphatic carboxylic acids is 1. The topological polar surface area (TPSA) is 147 Å². The van der Waals surface area contributed by atoms with Crippen molar-refractivity contribution in [2.75, 3.05) is 0 Å². The number of carbonyl (C=O) groups excluding carboxylic acids is 2. The smallest absolute Gasteiger partial charge is 0.326 e. The van der Waals surface area contributed by atoms with Crippen molar-refractivity contribution in [2.24, 2.45) is 10.7 Å². The number of hydrogen-bond acceptors (Lipinski definition) is 5. The third-order valence-corrected chi connectivity index (χ3v) is 5.45. The molecule has 1 aliphatic heterocycles. The molecule has 0 unspecified atom stereocenters. The summed E-state index contributed by atoms with van der Waals surface area (Å²) in [6.07, 6.45) is 32.9. The van der Waals surface area contributed by atoms with Crippen LogP contribution in [0.2, 0.25) is 0 Å². The molecule has 9 nitrogen and oxygen atoms in total. The number of aromatic amines is 1. The molecule has 1 aliphatic rings. The quantitative estimate of drug-likeness (QED) is 0.186. The molecular formula is C32H36N4O5. The summed E-state index contributed by atoms with van der Waals surface area (Å²) in [7, 11) is 0. The van der Waals surface area contributed by atoms with E-state index in [2.05, 4.69) is 15.3 Å². The van der Waals surface area contributed by atoms with Gasteiger partial charge in [0.05, 0.1) is 6.42 Å². The maximum Gasteiger partial charge on any atom is 0.326 e. The van der Waals surface area contributed by atoms with E-state index in [4.69, 9.17) is 15.6 Å². The van der Waals surface area contributed by atoms with Gasteiger partial charge in [-0.3, -0.25) is 9.59 Å². The van der Waals surface area contributed by atoms with Gasteiger partial charge in [0.15, 0.2) is 0 Å². The predicted molar refractivity (Wildman–Crippen MR) is 163 cm³/mol. The molecular weight excluding hydrogens is 520 g/mol. The molecule has 2 rings (SSSR count). The molecule has 1 aromatic rings. The molecule has 2 amide bonds. The zero-order valence-corrected chi connectivity index (χ0v) is 23.1. The minimum atomic E-state index is -1.36. The number of carboxylic acid groups (broad SMARTS) is 1. The Morgan fingerprint density at radius 2 is 1.59 bits per heavy atom. The van der Waals surface area contributed by atoms with Crippen molar-refractivity contribution in [1.82, 2.24) is 10.3 Å². The Labute approximate surface area is 240 Å². The standard InChI is InChI=1S/C32H36N4O5/c1-24(31(38)36-28(32(39)40)23-29(33)37)17-14-12-10-8-6-4-3-5-7-9-11-13-15-19-27-25(2)41-30(35-27)21-20-26-18-16-22-34-26/h3-22,25,27-28,34H,23H2,1-2H3,(H2,33,37)(H,36,38)(H,39,40)/b5-3+,6-4+,9-7+,10-8+,13-11+,14-12+,19-15+,21-20+,24-17+/t25-,27-,28-/m1/s1. The summed E-state index contributed by atoms with van der Waals surface area (Å²) in [4.78, 5) is 41.8. The van der Waals surface area contributed by atoms with Crippen LogP contribution in [0.4, 0.5) is 0 Å². The van der Waals surface area contributed by atoms with E-state index in [1.807, 2.05) is 104 Å². The van der Waals surface area contributed by atoms with Crippen LogP contribution in [-0.4, -0.2) is 52.0 Å². The molecule has 1 aromatic heterocycles. The largest absolute Gasteiger partial charge is 0.480 e. The van der Waals surface area contributed by atoms with Gasteiger partial charge in [0, 0.05) is 23.5 Å². The van der Waals surface area contributed by atoms with Crippen LogP contribution in [0, 0.1) is 0 Å². The minimum absolute atomic E-state index is 0.0148. The summed E-state index contributed by atoms with van der Waals surface area (Å²) in [5.41, 5.74) is 6.29. The normalized spacial score (nSPS) is 19.2. The zero-order valence-electron chi connectivity index (χ0n) is 23.1. The number of rotatable bonds is 15. The Bertz CT molecular complexity index is 1320. The number of aliphatic imine (C=N–C) groups is 1. The van der Waals surface area contributed by atoms with E-state index in [-0.39, 0.29) is 12.1 Å². The number of nitrogens with two attached hydrogens (primary N) is 1. The fourth-order valence-electron chi connectivity index (χ4n) is 3.27. The Balaban J connectivity index is 1.68. The number of hydrogen-bond donors (Lipinski definition) is 4. The first-order valence-corrected chi connectivity index (χ1v) is 13.0. The fourth-order valence-corrected chi connectivity index (χ4v) is 3.27. The second kappa shape index (κ2) is 18.2. The van der Waals surface area contributed by atoms with Crippen LogP contribution >= 0.6 is 0 Å². The van der Waals surface area contributed by atoms with Crippen molar-refractivity contribution < 1.29 is 24.2 Å². The summed E-state index contributed by atoms with van der Waals surface area (Å²) >= 11 is 0. The summed E-state index contributed by atoms with van der Waals surface area (Å²) in [6.45, 7) is 3.54. The van der Waals surface area contributed by atoms with Crippen molar-refractivity contribution in [1.29, 1.82) is 0 Å². The van der Waals surface area contributed by atoms with Crippen LogP contribution in [0.25, 0.3) is 6.08 Å². The van der Waals surface area contributed by atoms with Crippen molar-refractivity contribution >= 4 is 29.8 Å². The predicted octanol–water partition coefficient (Wildman–Crippen LogP) is 4.50. The zero-order chi connectivity index (χ0) is 29.9. The SMILES string of the molecule is C\C(=C/C=C/C=C/C=C/C=C/C=C/C=C/C=C/[C@H]1N=C(/C=C/c2ccc[nH]2)O[C@@H]1C)C(=O)N[C@H](CC(N)=O)C(=O)O. The number of allylic oxidation sites excluding steroid dienone is 14. The number of aromatic nitrogens is 1. The van der Waals surface area contributed by atoms with E-state index in [1.165, 1.54) is 13.0 Å². The van der Waals surface area contributed by atoms with Gasteiger partial charge < -0.3 is 25.9 Å². The highest BCUT2D eigenvalue weighted by atomic mass is 16.5. The average Bonchev–Trinajstić information content (AvgIpc) is 3.58. The van der Waals surface area contributed by atoms with Gasteiger partial charge in [-0.05, 0) is 32.1 Å². The summed E-state index contributed by atoms with van der Waals surface area (Å²) < 4.78 is 5.78. The monoisotopic (exact) mass is 556 g/mol. The third-order valence-electron chi connectivity index (χ3n) is 5.45. The van der Waals surface area contributed by atoms with Crippen LogP contribution in [0.15, 0.2) is 126 Å². The lowest BCUT2D eigenvalue weighted by molar-refractivity contribution is -0.142. The van der Waals surface area contributed by atoms with Gasteiger partial charge in [0.25, 0.3) is 0 Å². The number of primary amides is 1. The van der Waals surface area contributed by atoms with Gasteiger partial charge in [0.2, 0.25) is 17.7 Å². The number of ether oxygens (including phenoxy) is 1. The highest BCUT2D eigenvalue weighted by Crippen LogP contribution is 2.16. The van der Waals surface area contributed by atoms with Crippen LogP contribution in [-0.2, 0) is 19.1 Å². The lowest BCUT2D eigenvalue weighted by atomic mass is 10.1. The van der Waals surface area contributed by atoms with Crippen LogP contribution in [0.1, 0.15) is 26.0 Å². The van der Waals surface area contributed by atoms with Gasteiger partial charge >= 0.3 is 5.97 Å². The summed E-state index contributed by atoms with van der Waals surface area (Å²) in [6, 6.07) is 2.53. The summed E-state index contributed by atoms with van der Waals surface area (Å²) in [5.74, 6) is -2.10. The third kappa shape index (κ3) is 13.4. The molecule has 0 bridgehead atoms. The first-order valence-electron chi connectivity index (χ1n) is 13.0. The second-order valence-electron chi connectivity index (χ2n) is 8.82. The molecule has 0 aliphatic carbocycles. The highest BCUT2D eigenvalue weighted by molar-refractivity contribution is 5.96. The van der Waals surface area contributed by atoms with E-state index in [1.54, 1.807) is 18.2 Å². The van der Waals surface area contributed by atoms with E-state index in [0.717, 1.165) is 5.69 Å². The molecule has 214 valence electrons. The lowest BCUT2D eigenvalue weighted by Gasteiger charge is -2.12. The number of H-pyrrole nitrogens is 1. The first kappa shape index (κ1) is 32.0. The number of amides is 2. The second-order valence-corrected chi connectivity index (χ2v) is 8.82. The highest BCUT2D eigenvalue weighted by Gasteiger charge is 2.23. The Morgan fingerprint density at radius 3 is 2.12 bits per heavy atom. The molecule has 0 spiro atoms. The van der Waals surface area contributed by atoms with Crippen LogP contribution in [0.5, 0.6) is 0 Å². The lowest BCUT2D eigenvalue weighted by Crippen LogP contribution is -2.43. The van der Waals surface area contributed by atoms with Crippen molar-refractivity contribution in [3.05, 3.63) is 127 Å². The molecule has 0 saturated carbocycles. The van der Waals surface area contributed by atoms with Crippen LogP contribution in [0.3, 0.4) is 0 Å². The van der Waals surface area contributed by atoms with Crippen molar-refractivity contribution in [2.45, 2.75) is 38.5 Å². The number of carbonyl (C=O) groups is 3. The van der Waals surface area contributed by atoms with E-state index in [9.17, 15) is 14.4 Å². The Morgan fingerprint density at radius 1 is 1.00 bits per heavy atom. The molecule has 3 atom stereocenters. The minimum Gasteiger partial charge on any atom is -0.480 e. The summed E-state index contributed by atoms with van der Waals surface area (Å²) in [5, 5.41) is 11.3. The molecule has 5 N–H and O–H groups in total. The maximum absolute atomic E-state index is 12.0. The van der Waals surface area contributed by atoms with Crippen molar-refractivity contribution in [3.63, 3.8) is 0 Å². The van der Waals surface area contributed by atoms with Gasteiger partial charge in [-0.1, -0.05) is 91.1 Å². The molecule has 0 radical (unpaired) electrons. The number of nitrogens with zero attached hydrogens (tertiary/aromatic N) is 1. The van der Waals surface area contributed by atoms with Crippen LogP contribution < -0.4 is 11.1 Å². The Hall–Kier alpha value is -5.18. The molecule has 9 heteroatoms. The van der Waals surface area contributed by atoms with E-state index < -0.39 is 30.2 Å². The van der Waals surface area contributed by atoms with Crippen molar-refractivity contribution in [3.8, 4) is 0 Å². The maximum atomic E-state index is 12.0. The molecule has 41 heavy (non-hydrogen) atoms. The average molecular weight is 557 g/mol. The first-order chi connectivity index (χ1) is 19.8. The number of nitrogens with one attached hydrogen (secondary N) is 2. The van der Waals surface area contributed by atoms with E-state index in [0.29, 0.717) is 11.5 Å². The number of carboxylic acids is 1. The van der Waals surface area contributed by atoms with E-state index >= 15 is 0 Å². The molecule has 2 heterocycles. The fraction of sp³-hybridized carbons (Fsp3) is 0.188. The molecule has 0 aromatic carbocycles. The Kier molecular flexibility index (Phi) is 14.2. The van der Waals surface area contributed by atoms with Gasteiger partial charge in [-0.15, -0.1) is 0 Å². The van der Waals surface area contributed by atoms with Gasteiger partial charge in [-0.25, -0.2) is 9.79 Å². The molecule has 0 saturated heterocycles. The molecule has 0 fully saturated rings. The van der Waals surface area contributed by atoms with Gasteiger partial charge in [0.1, 0.15) is 18.2 Å². The van der Waals surface area contributed by atoms with Gasteiger partial charge in [-0.2, -0.15) is 0 Å².